The molecule has 0 aliphatic heterocycles. The number of halogens is 2. The molecule has 0 N–H and O–H groups in total. The Bertz CT molecular complexity index is 865. The zero-order valence-corrected chi connectivity index (χ0v) is 13.7. The molecule has 3 rings (SSSR count). The summed E-state index contributed by atoms with van der Waals surface area (Å²) in [4.78, 5) is 17.9. The molecule has 0 spiro atoms. The normalized spacial score (nSPS) is 10.6. The first-order chi connectivity index (χ1) is 11.6. The summed E-state index contributed by atoms with van der Waals surface area (Å²) in [6.45, 7) is 2.23. The minimum absolute atomic E-state index is 0.357. The van der Waals surface area contributed by atoms with Crippen LogP contribution in [-0.2, 0) is 6.54 Å². The van der Waals surface area contributed by atoms with Crippen LogP contribution >= 0.6 is 11.3 Å². The van der Waals surface area contributed by atoms with Crippen LogP contribution in [0.15, 0.2) is 48.5 Å². The van der Waals surface area contributed by atoms with E-state index in [9.17, 15) is 13.6 Å². The molecule has 6 heteroatoms. The lowest BCUT2D eigenvalue weighted by Gasteiger charge is -2.22. The summed E-state index contributed by atoms with van der Waals surface area (Å²) in [5, 5.41) is 0.560. The number of rotatable bonds is 5. The van der Waals surface area contributed by atoms with Gasteiger partial charge in [-0.1, -0.05) is 30.3 Å². The summed E-state index contributed by atoms with van der Waals surface area (Å²) in [5.74, 6) is -1.82. The molecule has 122 valence electrons. The van der Waals surface area contributed by atoms with Gasteiger partial charge in [0.2, 0.25) is 0 Å². The van der Waals surface area contributed by atoms with Gasteiger partial charge in [-0.15, -0.1) is 11.3 Å². The SMILES string of the molecule is Cc1sc(N(Cc2ccccc2)c2ccc(F)c(F)c2)nc1C=O. The van der Waals surface area contributed by atoms with E-state index >= 15 is 0 Å². The third kappa shape index (κ3) is 3.33. The van der Waals surface area contributed by atoms with Crippen LogP contribution in [-0.4, -0.2) is 11.3 Å². The second kappa shape index (κ2) is 6.88. The van der Waals surface area contributed by atoms with Crippen molar-refractivity contribution in [1.82, 2.24) is 4.98 Å². The molecular weight excluding hydrogens is 330 g/mol. The fraction of sp³-hybridized carbons (Fsp3) is 0.111. The number of carbonyl (C=O) groups excluding carboxylic acids is 1. The maximum absolute atomic E-state index is 13.7. The maximum atomic E-state index is 13.7. The Morgan fingerprint density at radius 2 is 1.88 bits per heavy atom. The molecule has 1 heterocycles. The lowest BCUT2D eigenvalue weighted by molar-refractivity contribution is 0.111. The van der Waals surface area contributed by atoms with E-state index in [0.717, 1.165) is 22.6 Å². The van der Waals surface area contributed by atoms with Crippen LogP contribution in [0.3, 0.4) is 0 Å². The first-order valence-electron chi connectivity index (χ1n) is 7.27. The number of nitrogens with zero attached hydrogens (tertiary/aromatic N) is 2. The minimum atomic E-state index is -0.922. The standard InChI is InChI=1S/C18H14F2N2OS/c1-12-17(11-23)21-18(24-12)22(10-13-5-3-2-4-6-13)14-7-8-15(19)16(20)9-14/h2-9,11H,10H2,1H3. The van der Waals surface area contributed by atoms with Crippen molar-refractivity contribution in [2.75, 3.05) is 4.90 Å². The number of benzene rings is 2. The Morgan fingerprint density at radius 3 is 2.50 bits per heavy atom. The van der Waals surface area contributed by atoms with Gasteiger partial charge in [0, 0.05) is 16.6 Å². The van der Waals surface area contributed by atoms with Crippen molar-refractivity contribution < 1.29 is 13.6 Å². The van der Waals surface area contributed by atoms with Crippen LogP contribution in [0.4, 0.5) is 19.6 Å². The van der Waals surface area contributed by atoms with Crippen molar-refractivity contribution in [2.45, 2.75) is 13.5 Å². The first kappa shape index (κ1) is 16.3. The molecule has 0 aliphatic carbocycles. The average Bonchev–Trinajstić information content (AvgIpc) is 2.97. The predicted molar refractivity (Wildman–Crippen MR) is 90.9 cm³/mol. The van der Waals surface area contributed by atoms with Gasteiger partial charge in [0.25, 0.3) is 0 Å². The van der Waals surface area contributed by atoms with Crippen molar-refractivity contribution in [3.63, 3.8) is 0 Å². The van der Waals surface area contributed by atoms with Crippen LogP contribution < -0.4 is 4.90 Å². The Hall–Kier alpha value is -2.60. The number of aryl methyl sites for hydroxylation is 1. The summed E-state index contributed by atoms with van der Waals surface area (Å²) >= 11 is 1.34. The zero-order chi connectivity index (χ0) is 17.1. The lowest BCUT2D eigenvalue weighted by atomic mass is 10.2. The number of thiazole rings is 1. The van der Waals surface area contributed by atoms with Gasteiger partial charge in [0.1, 0.15) is 5.69 Å². The molecule has 0 fully saturated rings. The van der Waals surface area contributed by atoms with Gasteiger partial charge in [0.05, 0.1) is 6.54 Å². The fourth-order valence-corrected chi connectivity index (χ4v) is 3.20. The lowest BCUT2D eigenvalue weighted by Crippen LogP contribution is -2.16. The van der Waals surface area contributed by atoms with E-state index in [0.29, 0.717) is 29.3 Å². The number of aldehydes is 1. The molecule has 0 saturated carbocycles. The van der Waals surface area contributed by atoms with Crippen molar-refractivity contribution >= 4 is 28.4 Å². The second-order valence-electron chi connectivity index (χ2n) is 5.23. The summed E-state index contributed by atoms with van der Waals surface area (Å²) < 4.78 is 26.9. The minimum Gasteiger partial charge on any atom is -0.313 e. The Kier molecular flexibility index (Phi) is 4.66. The molecule has 0 amide bonds. The average molecular weight is 344 g/mol. The van der Waals surface area contributed by atoms with Crippen LogP contribution in [0.5, 0.6) is 0 Å². The Morgan fingerprint density at radius 1 is 1.12 bits per heavy atom. The smallest absolute Gasteiger partial charge is 0.191 e. The first-order valence-corrected chi connectivity index (χ1v) is 8.09. The van der Waals surface area contributed by atoms with Crippen LogP contribution in [0.2, 0.25) is 0 Å². The molecule has 3 aromatic rings. The molecule has 3 nitrogen and oxygen atoms in total. The summed E-state index contributed by atoms with van der Waals surface area (Å²) in [6, 6.07) is 13.3. The zero-order valence-electron chi connectivity index (χ0n) is 12.9. The van der Waals surface area contributed by atoms with Crippen LogP contribution in [0.25, 0.3) is 0 Å². The predicted octanol–water partition coefficient (Wildman–Crippen LogP) is 4.88. The van der Waals surface area contributed by atoms with E-state index < -0.39 is 11.6 Å². The number of anilines is 2. The highest BCUT2D eigenvalue weighted by molar-refractivity contribution is 7.15. The number of aromatic nitrogens is 1. The van der Waals surface area contributed by atoms with E-state index in [-0.39, 0.29) is 0 Å². The maximum Gasteiger partial charge on any atom is 0.191 e. The van der Waals surface area contributed by atoms with Crippen LogP contribution in [0.1, 0.15) is 20.9 Å². The highest BCUT2D eigenvalue weighted by Crippen LogP contribution is 2.33. The second-order valence-corrected chi connectivity index (χ2v) is 6.41. The molecule has 24 heavy (non-hydrogen) atoms. The fourth-order valence-electron chi connectivity index (χ4n) is 2.31. The van der Waals surface area contributed by atoms with E-state index in [1.165, 1.54) is 17.4 Å². The summed E-state index contributed by atoms with van der Waals surface area (Å²) in [6.07, 6.45) is 0.696. The topological polar surface area (TPSA) is 33.2 Å². The van der Waals surface area contributed by atoms with Crippen molar-refractivity contribution in [3.8, 4) is 0 Å². The molecule has 0 radical (unpaired) electrons. The molecule has 0 unspecified atom stereocenters. The van der Waals surface area contributed by atoms with Gasteiger partial charge in [-0.25, -0.2) is 13.8 Å². The highest BCUT2D eigenvalue weighted by Gasteiger charge is 2.18. The Labute approximate surface area is 142 Å². The molecule has 0 saturated heterocycles. The van der Waals surface area contributed by atoms with Gasteiger partial charge in [0.15, 0.2) is 23.1 Å². The van der Waals surface area contributed by atoms with Gasteiger partial charge in [-0.05, 0) is 24.6 Å². The van der Waals surface area contributed by atoms with Crippen LogP contribution in [0, 0.1) is 18.6 Å². The monoisotopic (exact) mass is 344 g/mol. The third-order valence-corrected chi connectivity index (χ3v) is 4.57. The van der Waals surface area contributed by atoms with E-state index in [4.69, 9.17) is 0 Å². The third-order valence-electron chi connectivity index (χ3n) is 3.56. The van der Waals surface area contributed by atoms with Gasteiger partial charge in [-0.3, -0.25) is 4.79 Å². The molecule has 0 atom stereocenters. The highest BCUT2D eigenvalue weighted by atomic mass is 32.1. The largest absolute Gasteiger partial charge is 0.313 e. The van der Waals surface area contributed by atoms with Gasteiger partial charge >= 0.3 is 0 Å². The molecular formula is C18H14F2N2OS. The van der Waals surface area contributed by atoms with E-state index in [2.05, 4.69) is 4.98 Å². The van der Waals surface area contributed by atoms with Crippen molar-refractivity contribution in [3.05, 3.63) is 76.3 Å². The van der Waals surface area contributed by atoms with E-state index in [1.54, 1.807) is 11.8 Å². The quantitative estimate of drug-likeness (QED) is 0.619. The van der Waals surface area contributed by atoms with E-state index in [1.807, 2.05) is 30.3 Å². The van der Waals surface area contributed by atoms with Crippen molar-refractivity contribution in [2.24, 2.45) is 0 Å². The van der Waals surface area contributed by atoms with Crippen molar-refractivity contribution in [1.29, 1.82) is 0 Å². The number of carbonyl (C=O) groups is 1. The number of hydrogen-bond acceptors (Lipinski definition) is 4. The molecule has 1 aromatic heterocycles. The van der Waals surface area contributed by atoms with Gasteiger partial charge < -0.3 is 4.90 Å². The molecule has 2 aromatic carbocycles. The number of hydrogen-bond donors (Lipinski definition) is 0. The summed E-state index contributed by atoms with van der Waals surface area (Å²) in [5.41, 5.74) is 1.82. The van der Waals surface area contributed by atoms with Gasteiger partial charge in [-0.2, -0.15) is 0 Å². The molecule has 0 aliphatic rings. The summed E-state index contributed by atoms with van der Waals surface area (Å²) in [7, 11) is 0. The Balaban J connectivity index is 2.05. The molecule has 0 bridgehead atoms.